The standard InChI is InChI=1S/C29H32BrNO5S/c1-19-10-16-23(17-11-19)37(34,35)31-25(27(33)36-28(3,4)5)24-9-7-6-8-18-29(24,20(2)32)26(31)21-12-14-22(30)15-13-21/h6-8,10-18,24-26H,9H2,1-5H3/t24-,25+,26+,29+/m1/s1. The SMILES string of the molecule is CC(=O)[C@@]12C=CC=CC[C@@H]1[C@@H](C(=O)OC(C)(C)C)N(S(=O)(=O)c1ccc(C)cc1)[C@H]2c1ccc(Br)cc1. The Balaban J connectivity index is 2.05. The van der Waals surface area contributed by atoms with Gasteiger partial charge >= 0.3 is 5.97 Å². The van der Waals surface area contributed by atoms with Crippen molar-refractivity contribution < 1.29 is 22.7 Å². The first-order chi connectivity index (χ1) is 17.3. The van der Waals surface area contributed by atoms with E-state index in [1.54, 1.807) is 69.3 Å². The van der Waals surface area contributed by atoms with E-state index in [0.29, 0.717) is 12.0 Å². The molecule has 1 heterocycles. The van der Waals surface area contributed by atoms with E-state index in [9.17, 15) is 18.0 Å². The number of allylic oxidation sites excluding steroid dienone is 3. The van der Waals surface area contributed by atoms with Crippen LogP contribution in [0, 0.1) is 18.3 Å². The van der Waals surface area contributed by atoms with Crippen LogP contribution in [0.4, 0.5) is 0 Å². The fourth-order valence-electron chi connectivity index (χ4n) is 5.46. The van der Waals surface area contributed by atoms with Gasteiger partial charge in [0.05, 0.1) is 16.4 Å². The highest BCUT2D eigenvalue weighted by Gasteiger charge is 2.66. The van der Waals surface area contributed by atoms with E-state index in [1.807, 2.05) is 31.2 Å². The maximum Gasteiger partial charge on any atom is 0.325 e. The maximum atomic E-state index is 14.4. The van der Waals surface area contributed by atoms with Crippen LogP contribution in [-0.4, -0.2) is 36.1 Å². The zero-order valence-corrected chi connectivity index (χ0v) is 24.0. The number of Topliss-reactive ketones (excluding diaryl/α,β-unsaturated/α-hetero) is 1. The highest BCUT2D eigenvalue weighted by molar-refractivity contribution is 9.10. The number of sulfonamides is 1. The van der Waals surface area contributed by atoms with Crippen LogP contribution in [-0.2, 0) is 24.3 Å². The molecule has 8 heteroatoms. The lowest BCUT2D eigenvalue weighted by Crippen LogP contribution is -2.46. The van der Waals surface area contributed by atoms with Crippen LogP contribution >= 0.6 is 15.9 Å². The molecule has 1 aliphatic heterocycles. The fraction of sp³-hybridized carbons (Fsp3) is 0.379. The third-order valence-corrected chi connectivity index (χ3v) is 9.41. The summed E-state index contributed by atoms with van der Waals surface area (Å²) >= 11 is 3.45. The van der Waals surface area contributed by atoms with Crippen LogP contribution in [0.3, 0.4) is 0 Å². The van der Waals surface area contributed by atoms with Gasteiger partial charge in [0.1, 0.15) is 17.4 Å². The van der Waals surface area contributed by atoms with E-state index >= 15 is 0 Å². The molecule has 1 aliphatic carbocycles. The van der Waals surface area contributed by atoms with Crippen molar-refractivity contribution in [3.8, 4) is 0 Å². The third kappa shape index (κ3) is 4.99. The van der Waals surface area contributed by atoms with Gasteiger partial charge in [-0.15, -0.1) is 0 Å². The molecule has 2 aliphatic rings. The Morgan fingerprint density at radius 3 is 2.22 bits per heavy atom. The van der Waals surface area contributed by atoms with E-state index in [0.717, 1.165) is 10.0 Å². The topological polar surface area (TPSA) is 80.8 Å². The second kappa shape index (κ2) is 9.97. The van der Waals surface area contributed by atoms with Crippen LogP contribution in [0.5, 0.6) is 0 Å². The molecule has 4 rings (SSSR count). The van der Waals surface area contributed by atoms with Gasteiger partial charge in [-0.3, -0.25) is 9.59 Å². The number of carbonyl (C=O) groups is 2. The van der Waals surface area contributed by atoms with Gasteiger partial charge in [-0.25, -0.2) is 8.42 Å². The Bertz CT molecular complexity index is 1360. The van der Waals surface area contributed by atoms with Crippen LogP contribution in [0.25, 0.3) is 0 Å². The highest BCUT2D eigenvalue weighted by atomic mass is 79.9. The molecule has 196 valence electrons. The predicted octanol–water partition coefficient (Wildman–Crippen LogP) is 5.92. The summed E-state index contributed by atoms with van der Waals surface area (Å²) in [5.74, 6) is -1.54. The Morgan fingerprint density at radius 2 is 1.65 bits per heavy atom. The number of rotatable bonds is 5. The fourth-order valence-corrected chi connectivity index (χ4v) is 7.55. The highest BCUT2D eigenvalue weighted by Crippen LogP contribution is 2.59. The van der Waals surface area contributed by atoms with Gasteiger partial charge in [-0.1, -0.05) is 70.1 Å². The Labute approximate surface area is 227 Å². The number of hydrogen-bond donors (Lipinski definition) is 0. The van der Waals surface area contributed by atoms with Crippen molar-refractivity contribution in [2.45, 2.75) is 63.6 Å². The lowest BCUT2D eigenvalue weighted by Gasteiger charge is -2.36. The predicted molar refractivity (Wildman–Crippen MR) is 146 cm³/mol. The van der Waals surface area contributed by atoms with Gasteiger partial charge < -0.3 is 4.74 Å². The first kappa shape index (κ1) is 27.5. The van der Waals surface area contributed by atoms with Crippen LogP contribution < -0.4 is 0 Å². The summed E-state index contributed by atoms with van der Waals surface area (Å²) in [5.41, 5.74) is -0.596. The second-order valence-electron chi connectivity index (χ2n) is 10.7. The minimum Gasteiger partial charge on any atom is -0.459 e. The number of hydrogen-bond acceptors (Lipinski definition) is 5. The summed E-state index contributed by atoms with van der Waals surface area (Å²) < 4.78 is 36.7. The molecule has 0 saturated carbocycles. The van der Waals surface area contributed by atoms with Crippen molar-refractivity contribution in [2.75, 3.05) is 0 Å². The zero-order valence-electron chi connectivity index (χ0n) is 21.6. The number of aryl methyl sites for hydroxylation is 1. The molecular weight excluding hydrogens is 554 g/mol. The average molecular weight is 587 g/mol. The Hall–Kier alpha value is -2.55. The van der Waals surface area contributed by atoms with Crippen LogP contribution in [0.1, 0.15) is 51.3 Å². The van der Waals surface area contributed by atoms with Crippen molar-refractivity contribution in [1.82, 2.24) is 4.31 Å². The lowest BCUT2D eigenvalue weighted by molar-refractivity contribution is -0.160. The van der Waals surface area contributed by atoms with Crippen molar-refractivity contribution in [3.63, 3.8) is 0 Å². The minimum atomic E-state index is -4.24. The largest absolute Gasteiger partial charge is 0.459 e. The third-order valence-electron chi connectivity index (χ3n) is 7.03. The molecule has 2 aromatic rings. The first-order valence-electron chi connectivity index (χ1n) is 12.2. The molecule has 0 spiro atoms. The molecule has 0 amide bonds. The average Bonchev–Trinajstić information content (AvgIpc) is 2.94. The minimum absolute atomic E-state index is 0.0588. The summed E-state index contributed by atoms with van der Waals surface area (Å²) in [4.78, 5) is 27.6. The molecule has 0 bridgehead atoms. The normalized spacial score (nSPS) is 25.9. The molecule has 0 radical (unpaired) electrons. The van der Waals surface area contributed by atoms with Gasteiger partial charge in [0.15, 0.2) is 0 Å². The molecular formula is C29H32BrNO5S. The van der Waals surface area contributed by atoms with Crippen molar-refractivity contribution in [2.24, 2.45) is 11.3 Å². The van der Waals surface area contributed by atoms with Crippen molar-refractivity contribution in [1.29, 1.82) is 0 Å². The number of ketones is 1. The van der Waals surface area contributed by atoms with Crippen LogP contribution in [0.2, 0.25) is 0 Å². The van der Waals surface area contributed by atoms with Gasteiger partial charge in [0.25, 0.3) is 0 Å². The van der Waals surface area contributed by atoms with Crippen molar-refractivity contribution in [3.05, 3.63) is 88.4 Å². The molecule has 37 heavy (non-hydrogen) atoms. The lowest BCUT2D eigenvalue weighted by atomic mass is 9.66. The van der Waals surface area contributed by atoms with E-state index in [4.69, 9.17) is 4.74 Å². The summed E-state index contributed by atoms with van der Waals surface area (Å²) in [7, 11) is -4.24. The number of nitrogens with zero attached hydrogens (tertiary/aromatic N) is 1. The van der Waals surface area contributed by atoms with Crippen LogP contribution in [0.15, 0.2) is 82.2 Å². The first-order valence-corrected chi connectivity index (χ1v) is 14.5. The number of carbonyl (C=O) groups excluding carboxylic acids is 2. The van der Waals surface area contributed by atoms with E-state index in [-0.39, 0.29) is 10.7 Å². The van der Waals surface area contributed by atoms with Crippen molar-refractivity contribution >= 4 is 37.7 Å². The summed E-state index contributed by atoms with van der Waals surface area (Å²) in [5, 5.41) is 0. The molecule has 0 N–H and O–H groups in total. The van der Waals surface area contributed by atoms with Gasteiger partial charge in [0.2, 0.25) is 10.0 Å². The second-order valence-corrected chi connectivity index (χ2v) is 13.5. The Kier molecular flexibility index (Phi) is 7.40. The van der Waals surface area contributed by atoms with Gasteiger partial charge in [0, 0.05) is 10.4 Å². The Morgan fingerprint density at radius 1 is 1.03 bits per heavy atom. The molecule has 2 aromatic carbocycles. The summed E-state index contributed by atoms with van der Waals surface area (Å²) in [6, 6.07) is 11.6. The van der Waals surface area contributed by atoms with Gasteiger partial charge in [-0.05, 0) is 70.9 Å². The molecule has 0 aromatic heterocycles. The molecule has 6 nitrogen and oxygen atoms in total. The van der Waals surface area contributed by atoms with E-state index in [2.05, 4.69) is 15.9 Å². The maximum absolute atomic E-state index is 14.4. The summed E-state index contributed by atoms with van der Waals surface area (Å²) in [6.07, 6.45) is 7.61. The molecule has 1 saturated heterocycles. The summed E-state index contributed by atoms with van der Waals surface area (Å²) in [6.45, 7) is 8.59. The smallest absolute Gasteiger partial charge is 0.325 e. The quantitative estimate of drug-likeness (QED) is 0.407. The number of halogens is 1. The number of ether oxygens (including phenoxy) is 1. The van der Waals surface area contributed by atoms with E-state index < -0.39 is 45.0 Å². The molecule has 0 unspecified atom stereocenters. The zero-order chi connectivity index (χ0) is 27.2. The monoisotopic (exact) mass is 585 g/mol. The van der Waals surface area contributed by atoms with Gasteiger partial charge in [-0.2, -0.15) is 4.31 Å². The molecule has 1 fully saturated rings. The molecule has 4 atom stereocenters. The van der Waals surface area contributed by atoms with E-state index in [1.165, 1.54) is 11.2 Å². The number of fused-ring (bicyclic) bond motifs is 1. The number of benzene rings is 2. The number of esters is 1.